The number of hydrogen-bond donors (Lipinski definition) is 3. The first-order valence-corrected chi connectivity index (χ1v) is 8.08. The van der Waals surface area contributed by atoms with Crippen LogP contribution in [0.5, 0.6) is 0 Å². The molecule has 0 aliphatic carbocycles. The summed E-state index contributed by atoms with van der Waals surface area (Å²) in [4.78, 5) is 11.0. The maximum absolute atomic E-state index is 13.1. The van der Waals surface area contributed by atoms with Crippen LogP contribution in [0.1, 0.15) is 32.6 Å². The Bertz CT molecular complexity index is 577. The Morgan fingerprint density at radius 2 is 2.14 bits per heavy atom. The lowest BCUT2D eigenvalue weighted by Crippen LogP contribution is -2.38. The van der Waals surface area contributed by atoms with Gasteiger partial charge >= 0.3 is 0 Å². The summed E-state index contributed by atoms with van der Waals surface area (Å²) in [5.74, 6) is -1.34. The molecule has 21 heavy (non-hydrogen) atoms. The van der Waals surface area contributed by atoms with E-state index >= 15 is 0 Å². The van der Waals surface area contributed by atoms with Gasteiger partial charge in [-0.3, -0.25) is 10.0 Å². The van der Waals surface area contributed by atoms with Crippen LogP contribution in [-0.2, 0) is 14.8 Å². The third kappa shape index (κ3) is 5.78. The molecule has 0 spiro atoms. The number of halogens is 1. The second-order valence-corrected chi connectivity index (χ2v) is 6.37. The molecule has 1 aromatic carbocycles. The van der Waals surface area contributed by atoms with Crippen molar-refractivity contribution >= 4 is 15.9 Å². The molecule has 0 aromatic heterocycles. The number of hydrogen-bond acceptors (Lipinski definition) is 4. The van der Waals surface area contributed by atoms with E-state index in [0.29, 0.717) is 6.42 Å². The molecule has 0 bridgehead atoms. The summed E-state index contributed by atoms with van der Waals surface area (Å²) >= 11 is 0. The fourth-order valence-corrected chi connectivity index (χ4v) is 3.15. The predicted molar refractivity (Wildman–Crippen MR) is 74.6 cm³/mol. The Labute approximate surface area is 123 Å². The normalized spacial score (nSPS) is 12.9. The minimum absolute atomic E-state index is 0.189. The molecule has 1 amide bonds. The van der Waals surface area contributed by atoms with E-state index in [9.17, 15) is 17.6 Å². The van der Waals surface area contributed by atoms with Crippen molar-refractivity contribution in [2.45, 2.75) is 43.5 Å². The summed E-state index contributed by atoms with van der Waals surface area (Å²) in [6, 6.07) is 3.96. The second kappa shape index (κ2) is 8.06. The highest BCUT2D eigenvalue weighted by molar-refractivity contribution is 7.89. The van der Waals surface area contributed by atoms with Gasteiger partial charge in [0.1, 0.15) is 5.82 Å². The molecule has 1 aromatic rings. The van der Waals surface area contributed by atoms with E-state index < -0.39 is 27.8 Å². The molecule has 6 nitrogen and oxygen atoms in total. The molecule has 0 radical (unpaired) electrons. The van der Waals surface area contributed by atoms with E-state index in [2.05, 4.69) is 4.72 Å². The van der Waals surface area contributed by atoms with E-state index in [1.54, 1.807) is 0 Å². The first-order valence-electron chi connectivity index (χ1n) is 6.60. The monoisotopic (exact) mass is 318 g/mol. The van der Waals surface area contributed by atoms with E-state index in [4.69, 9.17) is 5.21 Å². The van der Waals surface area contributed by atoms with Crippen LogP contribution in [0.2, 0.25) is 0 Å². The lowest BCUT2D eigenvalue weighted by molar-refractivity contribution is -0.129. The SMILES string of the molecule is CCCC[C@@H](CC(=O)NO)NS(=O)(=O)c1cccc(F)c1. The maximum Gasteiger partial charge on any atom is 0.244 e. The second-order valence-electron chi connectivity index (χ2n) is 4.66. The number of carbonyl (C=O) groups excluding carboxylic acids is 1. The van der Waals surface area contributed by atoms with Gasteiger partial charge in [-0.15, -0.1) is 0 Å². The van der Waals surface area contributed by atoms with Crippen molar-refractivity contribution in [3.63, 3.8) is 0 Å². The Morgan fingerprint density at radius 1 is 1.43 bits per heavy atom. The Balaban J connectivity index is 2.87. The van der Waals surface area contributed by atoms with Crippen LogP contribution in [0.3, 0.4) is 0 Å². The minimum Gasteiger partial charge on any atom is -0.289 e. The van der Waals surface area contributed by atoms with Crippen LogP contribution in [-0.4, -0.2) is 25.6 Å². The van der Waals surface area contributed by atoms with E-state index in [0.717, 1.165) is 25.0 Å². The number of rotatable bonds is 8. The van der Waals surface area contributed by atoms with E-state index in [1.165, 1.54) is 17.6 Å². The van der Waals surface area contributed by atoms with Crippen LogP contribution in [0.25, 0.3) is 0 Å². The predicted octanol–water partition coefficient (Wildman–Crippen LogP) is 1.56. The zero-order valence-corrected chi connectivity index (χ0v) is 12.5. The topological polar surface area (TPSA) is 95.5 Å². The Kier molecular flexibility index (Phi) is 6.73. The molecule has 0 saturated carbocycles. The molecule has 0 aliphatic heterocycles. The molecule has 1 atom stereocenters. The largest absolute Gasteiger partial charge is 0.289 e. The number of hydroxylamine groups is 1. The Morgan fingerprint density at radius 3 is 2.71 bits per heavy atom. The standard InChI is InChI=1S/C13H19FN2O4S/c1-2-3-6-11(9-13(17)15-18)16-21(19,20)12-7-4-5-10(14)8-12/h4-5,7-8,11,16,18H,2-3,6,9H2,1H3,(H,15,17)/t11-/m0/s1. The molecule has 0 aliphatic rings. The van der Waals surface area contributed by atoms with Gasteiger partial charge in [0.2, 0.25) is 15.9 Å². The molecule has 0 saturated heterocycles. The summed E-state index contributed by atoms with van der Waals surface area (Å²) in [5, 5.41) is 8.53. The van der Waals surface area contributed by atoms with Crippen molar-refractivity contribution in [3.8, 4) is 0 Å². The van der Waals surface area contributed by atoms with Gasteiger partial charge in [-0.1, -0.05) is 25.8 Å². The van der Waals surface area contributed by atoms with E-state index in [-0.39, 0.29) is 11.3 Å². The minimum atomic E-state index is -3.92. The zero-order chi connectivity index (χ0) is 15.9. The van der Waals surface area contributed by atoms with Crippen molar-refractivity contribution in [1.82, 2.24) is 10.2 Å². The van der Waals surface area contributed by atoms with Gasteiger partial charge in [-0.25, -0.2) is 23.0 Å². The molecule has 8 heteroatoms. The van der Waals surface area contributed by atoms with Crippen LogP contribution in [0.15, 0.2) is 29.2 Å². The summed E-state index contributed by atoms with van der Waals surface area (Å²) in [7, 11) is -3.92. The van der Waals surface area contributed by atoms with Gasteiger partial charge in [0.25, 0.3) is 0 Å². The van der Waals surface area contributed by atoms with Crippen molar-refractivity contribution < 1.29 is 22.8 Å². The van der Waals surface area contributed by atoms with Crippen LogP contribution >= 0.6 is 0 Å². The number of nitrogens with one attached hydrogen (secondary N) is 2. The highest BCUT2D eigenvalue weighted by atomic mass is 32.2. The fraction of sp³-hybridized carbons (Fsp3) is 0.462. The van der Waals surface area contributed by atoms with Crippen LogP contribution < -0.4 is 10.2 Å². The van der Waals surface area contributed by atoms with Crippen molar-refractivity contribution in [1.29, 1.82) is 0 Å². The Hall–Kier alpha value is -1.51. The van der Waals surface area contributed by atoms with Gasteiger partial charge in [0, 0.05) is 12.5 Å². The van der Waals surface area contributed by atoms with E-state index in [1.807, 2.05) is 6.92 Å². The molecule has 0 fully saturated rings. The molecule has 1 rings (SSSR count). The maximum atomic E-state index is 13.1. The third-order valence-corrected chi connectivity index (χ3v) is 4.41. The summed E-state index contributed by atoms with van der Waals surface area (Å²) < 4.78 is 39.8. The highest BCUT2D eigenvalue weighted by Gasteiger charge is 2.22. The molecule has 0 unspecified atom stereocenters. The average molecular weight is 318 g/mol. The number of amides is 1. The van der Waals surface area contributed by atoms with Gasteiger partial charge in [0.05, 0.1) is 4.90 Å². The van der Waals surface area contributed by atoms with Crippen molar-refractivity contribution in [3.05, 3.63) is 30.1 Å². The smallest absolute Gasteiger partial charge is 0.244 e. The van der Waals surface area contributed by atoms with Gasteiger partial charge in [-0.05, 0) is 24.6 Å². The van der Waals surface area contributed by atoms with Crippen molar-refractivity contribution in [2.75, 3.05) is 0 Å². The third-order valence-electron chi connectivity index (χ3n) is 2.89. The number of unbranched alkanes of at least 4 members (excludes halogenated alkanes) is 1. The van der Waals surface area contributed by atoms with Gasteiger partial charge < -0.3 is 0 Å². The lowest BCUT2D eigenvalue weighted by atomic mass is 10.1. The molecule has 0 heterocycles. The van der Waals surface area contributed by atoms with Gasteiger partial charge in [-0.2, -0.15) is 0 Å². The first-order chi connectivity index (χ1) is 9.89. The lowest BCUT2D eigenvalue weighted by Gasteiger charge is -2.17. The highest BCUT2D eigenvalue weighted by Crippen LogP contribution is 2.14. The molecular weight excluding hydrogens is 299 g/mol. The van der Waals surface area contributed by atoms with Gasteiger partial charge in [0.15, 0.2) is 0 Å². The van der Waals surface area contributed by atoms with Crippen LogP contribution in [0.4, 0.5) is 4.39 Å². The average Bonchev–Trinajstić information content (AvgIpc) is 2.44. The quantitative estimate of drug-likeness (QED) is 0.501. The number of carbonyl (C=O) groups is 1. The summed E-state index contributed by atoms with van der Waals surface area (Å²) in [6.45, 7) is 1.93. The zero-order valence-electron chi connectivity index (χ0n) is 11.7. The fourth-order valence-electron chi connectivity index (χ4n) is 1.84. The number of sulfonamides is 1. The number of benzene rings is 1. The summed E-state index contributed by atoms with van der Waals surface area (Å²) in [6.07, 6.45) is 1.80. The summed E-state index contributed by atoms with van der Waals surface area (Å²) in [5.41, 5.74) is 1.47. The van der Waals surface area contributed by atoms with Crippen LogP contribution in [0, 0.1) is 5.82 Å². The first kappa shape index (κ1) is 17.5. The molecular formula is C13H19FN2O4S. The molecule has 118 valence electrons. The molecule has 3 N–H and O–H groups in total. The van der Waals surface area contributed by atoms with Crippen molar-refractivity contribution in [2.24, 2.45) is 0 Å².